The predicted molar refractivity (Wildman–Crippen MR) is 127 cm³/mol. The highest BCUT2D eigenvalue weighted by molar-refractivity contribution is 5.66. The van der Waals surface area contributed by atoms with Crippen LogP contribution in [0.4, 0.5) is 0 Å². The summed E-state index contributed by atoms with van der Waals surface area (Å²) < 4.78 is 19.0. The lowest BCUT2D eigenvalue weighted by molar-refractivity contribution is -0.272. The van der Waals surface area contributed by atoms with Crippen molar-refractivity contribution < 1.29 is 19.0 Å². The smallest absolute Gasteiger partial charge is 0.302 e. The van der Waals surface area contributed by atoms with Crippen LogP contribution in [-0.4, -0.2) is 30.6 Å². The lowest BCUT2D eigenvalue weighted by Gasteiger charge is -2.59. The van der Waals surface area contributed by atoms with Crippen LogP contribution in [0.5, 0.6) is 0 Å². The lowest BCUT2D eigenvalue weighted by Crippen LogP contribution is -2.53. The van der Waals surface area contributed by atoms with Crippen LogP contribution in [0.1, 0.15) is 86.0 Å². The Morgan fingerprint density at radius 1 is 1.06 bits per heavy atom. The van der Waals surface area contributed by atoms with Gasteiger partial charge in [-0.1, -0.05) is 39.8 Å². The standard InChI is InChI=1S/C29H44O4/c1-17-8-13-29(31-16-17)18(2)26-25(33-29)15-24-22-7-6-20-14-21(32-19(3)30)9-11-27(20,4)23(22)10-12-28(24,26)5/h10,12,17-18,20-26H,6-9,11,13-16H2,1-5H3/t17?,18-,20-,21-,22+,23?,24-,25-,26?,27-,28-,29+/m0/s1. The molecule has 0 radical (unpaired) electrons. The monoisotopic (exact) mass is 456 g/mol. The van der Waals surface area contributed by atoms with E-state index in [0.717, 1.165) is 31.8 Å². The largest absolute Gasteiger partial charge is 0.463 e. The van der Waals surface area contributed by atoms with Crippen LogP contribution < -0.4 is 0 Å². The Morgan fingerprint density at radius 3 is 2.61 bits per heavy atom. The molecule has 33 heavy (non-hydrogen) atoms. The van der Waals surface area contributed by atoms with Crippen molar-refractivity contribution in [3.8, 4) is 0 Å². The molecular formula is C29H44O4. The van der Waals surface area contributed by atoms with Gasteiger partial charge in [-0.3, -0.25) is 4.79 Å². The number of carbonyl (C=O) groups is 1. The zero-order valence-electron chi connectivity index (χ0n) is 21.3. The molecule has 2 saturated heterocycles. The maximum absolute atomic E-state index is 11.5. The fourth-order valence-corrected chi connectivity index (χ4v) is 9.92. The molecule has 2 heterocycles. The third-order valence-electron chi connectivity index (χ3n) is 11.7. The minimum Gasteiger partial charge on any atom is -0.463 e. The highest BCUT2D eigenvalue weighted by atomic mass is 16.7. The van der Waals surface area contributed by atoms with Gasteiger partial charge in [0, 0.05) is 25.2 Å². The second kappa shape index (κ2) is 7.56. The Kier molecular flexibility index (Phi) is 5.18. The molecule has 0 aromatic heterocycles. The quantitative estimate of drug-likeness (QED) is 0.351. The molecule has 0 aromatic rings. The van der Waals surface area contributed by atoms with Gasteiger partial charge in [0.1, 0.15) is 6.10 Å². The summed E-state index contributed by atoms with van der Waals surface area (Å²) in [6.07, 6.45) is 15.1. The maximum Gasteiger partial charge on any atom is 0.302 e. The van der Waals surface area contributed by atoms with Gasteiger partial charge < -0.3 is 14.2 Å². The van der Waals surface area contributed by atoms with Crippen LogP contribution in [0.15, 0.2) is 12.2 Å². The number of carbonyl (C=O) groups excluding carboxylic acids is 1. The summed E-state index contributed by atoms with van der Waals surface area (Å²) in [5, 5.41) is 0. The van der Waals surface area contributed by atoms with Crippen LogP contribution in [-0.2, 0) is 19.0 Å². The third kappa shape index (κ3) is 3.18. The van der Waals surface area contributed by atoms with E-state index in [-0.39, 0.29) is 23.3 Å². The molecule has 0 aromatic carbocycles. The number of esters is 1. The van der Waals surface area contributed by atoms with Crippen molar-refractivity contribution in [3.63, 3.8) is 0 Å². The molecule has 0 N–H and O–H groups in total. The van der Waals surface area contributed by atoms with Gasteiger partial charge in [-0.25, -0.2) is 0 Å². The van der Waals surface area contributed by atoms with E-state index in [1.54, 1.807) is 6.92 Å². The van der Waals surface area contributed by atoms with E-state index in [1.165, 1.54) is 32.1 Å². The molecule has 4 heteroatoms. The van der Waals surface area contributed by atoms with Crippen molar-refractivity contribution in [2.75, 3.05) is 6.61 Å². The number of hydrogen-bond acceptors (Lipinski definition) is 4. The summed E-state index contributed by atoms with van der Waals surface area (Å²) in [4.78, 5) is 11.5. The second-order valence-electron chi connectivity index (χ2n) is 13.3. The third-order valence-corrected chi connectivity index (χ3v) is 11.7. The molecule has 6 aliphatic rings. The number of hydrogen-bond donors (Lipinski definition) is 0. The fraction of sp³-hybridized carbons (Fsp3) is 0.897. The molecule has 3 unspecified atom stereocenters. The number of rotatable bonds is 1. The SMILES string of the molecule is CC(=O)O[C@H]1CC[C@]2(C)C3C=C[C@]4(C)C5[C@H](C[C@H]4[C@@H]3CC[C@H]2C1)O[C@]1(CCC(C)CO1)[C@H]5C. The minimum atomic E-state index is -0.334. The molecular weight excluding hydrogens is 412 g/mol. The topological polar surface area (TPSA) is 44.8 Å². The summed E-state index contributed by atoms with van der Waals surface area (Å²) in [7, 11) is 0. The van der Waals surface area contributed by atoms with Crippen molar-refractivity contribution in [1.82, 2.24) is 0 Å². The molecule has 3 saturated carbocycles. The Morgan fingerprint density at radius 2 is 1.88 bits per heavy atom. The first-order chi connectivity index (χ1) is 15.7. The molecule has 4 aliphatic carbocycles. The zero-order valence-corrected chi connectivity index (χ0v) is 21.3. The molecule has 2 aliphatic heterocycles. The Balaban J connectivity index is 1.25. The van der Waals surface area contributed by atoms with Gasteiger partial charge in [0.2, 0.25) is 0 Å². The predicted octanol–water partition coefficient (Wildman–Crippen LogP) is 6.14. The van der Waals surface area contributed by atoms with Crippen LogP contribution in [0, 0.1) is 52.3 Å². The van der Waals surface area contributed by atoms with Gasteiger partial charge >= 0.3 is 5.97 Å². The first kappa shape index (κ1) is 22.6. The van der Waals surface area contributed by atoms with E-state index in [1.807, 2.05) is 0 Å². The molecule has 4 nitrogen and oxygen atoms in total. The molecule has 0 bridgehead atoms. The van der Waals surface area contributed by atoms with Crippen molar-refractivity contribution in [3.05, 3.63) is 12.2 Å². The van der Waals surface area contributed by atoms with E-state index in [0.29, 0.717) is 47.0 Å². The summed E-state index contributed by atoms with van der Waals surface area (Å²) in [6, 6.07) is 0. The normalized spacial score (nSPS) is 57.2. The van der Waals surface area contributed by atoms with E-state index >= 15 is 0 Å². The molecule has 184 valence electrons. The Labute approximate surface area is 200 Å². The summed E-state index contributed by atoms with van der Waals surface area (Å²) in [6.45, 7) is 12.2. The summed E-state index contributed by atoms with van der Waals surface area (Å²) >= 11 is 0. The summed E-state index contributed by atoms with van der Waals surface area (Å²) in [5.41, 5.74) is 0.560. The Hall–Kier alpha value is -0.870. The maximum atomic E-state index is 11.5. The molecule has 0 amide bonds. The molecule has 5 fully saturated rings. The average molecular weight is 457 g/mol. The van der Waals surface area contributed by atoms with Crippen molar-refractivity contribution in [2.24, 2.45) is 52.3 Å². The Bertz CT molecular complexity index is 827. The molecule has 12 atom stereocenters. The summed E-state index contributed by atoms with van der Waals surface area (Å²) in [5.74, 6) is 4.02. The van der Waals surface area contributed by atoms with Crippen LogP contribution in [0.2, 0.25) is 0 Å². The van der Waals surface area contributed by atoms with Crippen molar-refractivity contribution in [2.45, 2.75) is 104 Å². The zero-order chi connectivity index (χ0) is 23.2. The van der Waals surface area contributed by atoms with Crippen molar-refractivity contribution >= 4 is 5.97 Å². The van der Waals surface area contributed by atoms with Gasteiger partial charge in [0.05, 0.1) is 12.7 Å². The van der Waals surface area contributed by atoms with Gasteiger partial charge in [0.15, 0.2) is 5.79 Å². The lowest BCUT2D eigenvalue weighted by atomic mass is 9.46. The van der Waals surface area contributed by atoms with Crippen LogP contribution in [0.25, 0.3) is 0 Å². The van der Waals surface area contributed by atoms with Crippen LogP contribution >= 0.6 is 0 Å². The first-order valence-corrected chi connectivity index (χ1v) is 13.8. The van der Waals surface area contributed by atoms with E-state index < -0.39 is 0 Å². The fourth-order valence-electron chi connectivity index (χ4n) is 9.92. The highest BCUT2D eigenvalue weighted by Gasteiger charge is 2.68. The molecule has 6 rings (SSSR count). The van der Waals surface area contributed by atoms with Gasteiger partial charge in [-0.2, -0.15) is 0 Å². The van der Waals surface area contributed by atoms with Crippen molar-refractivity contribution in [1.29, 1.82) is 0 Å². The van der Waals surface area contributed by atoms with E-state index in [4.69, 9.17) is 14.2 Å². The second-order valence-corrected chi connectivity index (χ2v) is 13.3. The highest BCUT2D eigenvalue weighted by Crippen LogP contribution is 2.69. The number of ether oxygens (including phenoxy) is 3. The average Bonchev–Trinajstić information content (AvgIpc) is 3.21. The van der Waals surface area contributed by atoms with Gasteiger partial charge in [0.25, 0.3) is 0 Å². The first-order valence-electron chi connectivity index (χ1n) is 13.8. The van der Waals surface area contributed by atoms with Gasteiger partial charge in [-0.05, 0) is 85.4 Å². The van der Waals surface area contributed by atoms with E-state index in [2.05, 4.69) is 39.8 Å². The molecule has 1 spiro atoms. The number of allylic oxidation sites excluding steroid dienone is 2. The minimum absolute atomic E-state index is 0.119. The van der Waals surface area contributed by atoms with Gasteiger partial charge in [-0.15, -0.1) is 0 Å². The van der Waals surface area contributed by atoms with Crippen LogP contribution in [0.3, 0.4) is 0 Å². The number of fused-ring (bicyclic) bond motifs is 7. The van der Waals surface area contributed by atoms with E-state index in [9.17, 15) is 4.79 Å².